The van der Waals surface area contributed by atoms with E-state index in [-0.39, 0.29) is 58.4 Å². The highest BCUT2D eigenvalue weighted by Crippen LogP contribution is 2.43. The summed E-state index contributed by atoms with van der Waals surface area (Å²) >= 11 is 32.9. The van der Waals surface area contributed by atoms with Crippen LogP contribution in [0.1, 0.15) is 179 Å². The number of hydrazine groups is 1. The number of aliphatic hydroxyl groups is 1. The van der Waals surface area contributed by atoms with Crippen LogP contribution >= 0.6 is 110 Å². The second-order valence-electron chi connectivity index (χ2n) is 33.1. The minimum absolute atomic E-state index is 0.0969. The fourth-order valence-corrected chi connectivity index (χ4v) is 23.8. The molecule has 0 unspecified atom stereocenters. The molecule has 3 aromatic carbocycles. The van der Waals surface area contributed by atoms with Crippen molar-refractivity contribution in [2.45, 2.75) is 154 Å². The third-order valence-corrected chi connectivity index (χ3v) is 34.1. The van der Waals surface area contributed by atoms with E-state index in [0.29, 0.717) is 136 Å². The number of hydrogen-bond acceptors (Lipinski definition) is 27. The number of fused-ring (bicyclic) bond motifs is 7. The number of alkyl halides is 6. The molecule has 5 fully saturated rings. The van der Waals surface area contributed by atoms with Crippen LogP contribution in [-0.2, 0) is 77.4 Å². The molecule has 36 nitrogen and oxygen atoms in total. The lowest BCUT2D eigenvalue weighted by atomic mass is 9.80. The van der Waals surface area contributed by atoms with Gasteiger partial charge in [-0.25, -0.2) is 59.5 Å². The molecular formula is C91H91BBr4Cl4FN17O19S4. The number of carbonyl (C=O) groups is 8. The van der Waals surface area contributed by atoms with E-state index in [1.807, 2.05) is 52.8 Å². The molecule has 13 aromatic rings. The predicted molar refractivity (Wildman–Crippen MR) is 550 cm³/mol. The Bertz CT molecular complexity index is 7480. The summed E-state index contributed by atoms with van der Waals surface area (Å²) < 4.78 is 135. The first-order valence-corrected chi connectivity index (χ1v) is 53.7. The smallest absolute Gasteiger partial charge is 0.400 e. The van der Waals surface area contributed by atoms with E-state index in [1.165, 1.54) is 48.3 Å². The van der Waals surface area contributed by atoms with Crippen molar-refractivity contribution in [1.82, 2.24) is 60.9 Å². The van der Waals surface area contributed by atoms with E-state index in [2.05, 4.69) is 121 Å². The Morgan fingerprint density at radius 3 is 1.16 bits per heavy atom. The Kier molecular flexibility index (Phi) is 34.4. The van der Waals surface area contributed by atoms with Crippen molar-refractivity contribution in [3.05, 3.63) is 253 Å². The highest BCUT2D eigenvalue weighted by atomic mass is 79.9. The third-order valence-electron chi connectivity index (χ3n) is 23.0. The quantitative estimate of drug-likeness (QED) is 0.0162. The molecule has 0 radical (unpaired) electrons. The third kappa shape index (κ3) is 24.2. The van der Waals surface area contributed by atoms with Crippen molar-refractivity contribution in [3.8, 4) is 11.1 Å². The van der Waals surface area contributed by atoms with Gasteiger partial charge in [-0.1, -0.05) is 98.7 Å². The Balaban J connectivity index is 0.000000154. The Morgan fingerprint density at radius 1 is 0.489 bits per heavy atom. The molecule has 0 atom stereocenters. The van der Waals surface area contributed by atoms with Gasteiger partial charge in [0, 0.05) is 129 Å². The molecule has 0 bridgehead atoms. The number of rotatable bonds is 17. The van der Waals surface area contributed by atoms with E-state index < -0.39 is 91.7 Å². The zero-order valence-electron chi connectivity index (χ0n) is 77.0. The minimum Gasteiger partial charge on any atom is -0.400 e. The second-order valence-corrected chi connectivity index (χ2v) is 48.0. The van der Waals surface area contributed by atoms with Crippen LogP contribution in [0.25, 0.3) is 54.7 Å². The van der Waals surface area contributed by atoms with Crippen LogP contribution in [0.4, 0.5) is 16.0 Å². The van der Waals surface area contributed by atoms with E-state index >= 15 is 0 Å². The van der Waals surface area contributed by atoms with E-state index in [1.54, 1.807) is 147 Å². The number of nitrogens with one attached hydrogen (secondary N) is 3. The van der Waals surface area contributed by atoms with Crippen molar-refractivity contribution < 1.29 is 92.2 Å². The lowest BCUT2D eigenvalue weighted by Crippen LogP contribution is -2.41. The average molecular weight is 2350 g/mol. The van der Waals surface area contributed by atoms with Gasteiger partial charge in [-0.05, 0) is 230 Å². The highest BCUT2D eigenvalue weighted by molar-refractivity contribution is 9.11. The number of amides is 8. The number of aromatic nitrogens is 10. The first-order chi connectivity index (χ1) is 67.1. The van der Waals surface area contributed by atoms with Gasteiger partial charge in [-0.3, -0.25) is 89.5 Å². The zero-order chi connectivity index (χ0) is 104. The van der Waals surface area contributed by atoms with Crippen molar-refractivity contribution in [2.24, 2.45) is 11.7 Å². The van der Waals surface area contributed by atoms with Crippen LogP contribution < -0.4 is 33.1 Å². The molecule has 0 spiro atoms. The SMILES string of the molecule is CC(=O)Nc1cc(-c2cnc(CN3C(=O)c4ccccc4C3=O)c3c2ccn3S(=O)(=O)C2CC2)ccn1.CC(=O)Nc1cc(B2OC(C)(C)C(C)(C)O2)ccn1.CO.Cc1ncc(Br)c2ccn(S(=O)(=O)C3CC3)c12.ClC(Cl)(Cl)Cl.NN.O=C1NC(=O)c2ccccc21.O=C1c2ccccc2C(=O)N1Cc1ncc(Br)c2ccn(S(=O)(=O)C3CC3)c12.O=S(=O)(C1CC1)n1ccc2c(Br)cnc(CBr)c21.[2H]CF. The Labute approximate surface area is 865 Å². The normalized spacial score (nSPS) is 16.0. The fraction of sp³-hybridized carbons (Fsp3) is 0.297. The number of halogens is 9. The van der Waals surface area contributed by atoms with Crippen LogP contribution in [0.5, 0.6) is 0 Å². The predicted octanol–water partition coefficient (Wildman–Crippen LogP) is 15.1. The van der Waals surface area contributed by atoms with Gasteiger partial charge in [0.05, 0.1) is 132 Å². The van der Waals surface area contributed by atoms with Crippen molar-refractivity contribution in [1.29, 1.82) is 0 Å². The maximum Gasteiger partial charge on any atom is 0.495 e. The standard InChI is InChI=1S/C26H21N5O5S.C19H14BrN3O4S.C13H19BN2O3.C11H10Br2N2O2S.C11H11BrN2O2S.C8H5NO2.CCl4.CH3F.CH4O.H4N2/c1-15(32)29-23-12-16(8-10-27-23)21-13-28-22(14-30-25(33)19-4-2-3-5-20(19)26(30)34)24-18(21)9-11-31(24)37(35,36)17-6-7-17;20-15-9-21-16(10-22-18(24)12-3-1-2-4-13(12)19(22)25)17-14(15)7-8-23(17)28(26,27)11-5-6-11;1-9(17)16-11-8-10(6-7-15-11)14-18-12(2,3)13(4,5)19-14;12-5-10-11-8(9(13)6-14-10)3-4-15(11)18(16,17)7-1-2-7;1-7-11-9(10(12)6-13-7)4-5-14(11)17(15,16)8-2-3-8;10-7-5-3-1-2-4-6(5)8(11)9-7;2-1(3,4)5;3*1-2/h2-5,8-13,17H,6-7,14H2,1H3,(H,27,29,32);1-4,7-9,11H,5-6,10H2;6-8H,1-5H3,(H,15,16,17);3-4,6-7H,1-2,5H2;4-6,8H,2-3H2,1H3;1-4H,(H,9,10,11);;1H3;2H,1H3;1-2H2/i;;;;;;;1D;;. The molecule has 4 aliphatic heterocycles. The van der Waals surface area contributed by atoms with E-state index in [9.17, 15) is 76.4 Å². The van der Waals surface area contributed by atoms with Crippen LogP contribution in [0.2, 0.25) is 0 Å². The topological polar surface area (TPSA) is 503 Å². The Morgan fingerprint density at radius 2 is 0.794 bits per heavy atom. The van der Waals surface area contributed by atoms with Crippen LogP contribution in [-0.4, -0.2) is 198 Å². The van der Waals surface area contributed by atoms with Crippen molar-refractivity contribution in [2.75, 3.05) is 24.9 Å². The summed E-state index contributed by atoms with van der Waals surface area (Å²) in [5.41, 5.74) is 7.84. The molecule has 14 heterocycles. The molecule has 744 valence electrons. The molecular weight excluding hydrogens is 2250 g/mol. The van der Waals surface area contributed by atoms with Crippen LogP contribution in [0, 0.1) is 6.92 Å². The van der Waals surface area contributed by atoms with Gasteiger partial charge in [-0.15, -0.1) is 0 Å². The summed E-state index contributed by atoms with van der Waals surface area (Å²) in [5.74, 6) is 6.12. The van der Waals surface area contributed by atoms with Gasteiger partial charge >= 0.3 is 7.12 Å². The lowest BCUT2D eigenvalue weighted by molar-refractivity contribution is -0.115. The molecule has 141 heavy (non-hydrogen) atoms. The molecule has 4 saturated carbocycles. The number of pyridine rings is 6. The number of anilines is 2. The number of nitrogens with zero attached hydrogens (tertiary/aromatic N) is 12. The summed E-state index contributed by atoms with van der Waals surface area (Å²) in [6, 6.07) is 34.0. The molecule has 8 aliphatic rings. The number of nitrogens with two attached hydrogens (primary N) is 2. The summed E-state index contributed by atoms with van der Waals surface area (Å²) in [4.78, 5) is 124. The molecule has 8 N–H and O–H groups in total. The van der Waals surface area contributed by atoms with Gasteiger partial charge in [0.1, 0.15) is 11.6 Å². The van der Waals surface area contributed by atoms with Gasteiger partial charge in [0.15, 0.2) is 0 Å². The molecule has 4 aliphatic carbocycles. The number of aliphatic hydroxyl groups excluding tert-OH is 1. The molecule has 21 rings (SSSR count). The van der Waals surface area contributed by atoms with Crippen LogP contribution in [0.15, 0.2) is 197 Å². The van der Waals surface area contributed by atoms with E-state index in [0.717, 1.165) is 79.2 Å². The largest absolute Gasteiger partial charge is 0.495 e. The maximum absolute atomic E-state index is 13.3. The maximum atomic E-state index is 13.3. The number of carbonyl (C=O) groups excluding carboxylic acids is 8. The monoisotopic (exact) mass is 2340 g/mol. The number of benzene rings is 3. The Hall–Kier alpha value is -10.2. The summed E-state index contributed by atoms with van der Waals surface area (Å²) in [7, 11) is -14.2. The first kappa shape index (κ1) is 108. The summed E-state index contributed by atoms with van der Waals surface area (Å²) in [5, 5.41) is 16.7. The summed E-state index contributed by atoms with van der Waals surface area (Å²) in [6.07, 6.45) is 21.4. The van der Waals surface area contributed by atoms with Crippen LogP contribution in [0.3, 0.4) is 0 Å². The fourth-order valence-electron chi connectivity index (χ4n) is 15.1. The highest BCUT2D eigenvalue weighted by Gasteiger charge is 2.52. The van der Waals surface area contributed by atoms with Crippen molar-refractivity contribution >= 4 is 265 Å². The lowest BCUT2D eigenvalue weighted by Gasteiger charge is -2.32. The van der Waals surface area contributed by atoms with Gasteiger partial charge in [0.2, 0.25) is 51.9 Å². The van der Waals surface area contributed by atoms with Crippen molar-refractivity contribution in [3.63, 3.8) is 0 Å². The van der Waals surface area contributed by atoms with Gasteiger partial charge in [-0.2, -0.15) is 0 Å². The number of hydrogen-bond donors (Lipinski definition) is 6. The first-order valence-electron chi connectivity index (χ1n) is 43.3. The zero-order valence-corrected chi connectivity index (χ0v) is 88.7. The van der Waals surface area contributed by atoms with Gasteiger partial charge < -0.3 is 25.0 Å². The van der Waals surface area contributed by atoms with E-state index in [4.69, 9.17) is 62.2 Å². The number of imide groups is 3. The second kappa shape index (κ2) is 45.0. The molecule has 1 saturated heterocycles. The number of aryl methyl sites for hydroxylation is 1. The summed E-state index contributed by atoms with van der Waals surface area (Å²) in [6.45, 7) is 12.4. The molecule has 10 aromatic heterocycles. The molecule has 50 heteroatoms. The molecule has 8 amide bonds. The average Bonchev–Trinajstić information content (AvgIpc) is 1.60. The minimum atomic E-state index is -3.69. The van der Waals surface area contributed by atoms with Gasteiger partial charge in [0.25, 0.3) is 38.7 Å².